The number of nitrogens with one attached hydrogen (secondary N) is 1. The second-order valence-electron chi connectivity index (χ2n) is 5.33. The fraction of sp³-hybridized carbons (Fsp3) is 0.533. The first-order valence-electron chi connectivity index (χ1n) is 7.21. The maximum absolute atomic E-state index is 12.3. The van der Waals surface area contributed by atoms with E-state index >= 15 is 0 Å². The van der Waals surface area contributed by atoms with E-state index in [1.807, 2.05) is 23.1 Å². The zero-order valence-electron chi connectivity index (χ0n) is 11.7. The Morgan fingerprint density at radius 2 is 2.05 bits per heavy atom. The summed E-state index contributed by atoms with van der Waals surface area (Å²) in [6.07, 6.45) is 3.36. The molecule has 2 amide bonds. The number of ether oxygens (including phenoxy) is 2. The zero-order chi connectivity index (χ0) is 13.9. The molecule has 2 aliphatic heterocycles. The summed E-state index contributed by atoms with van der Waals surface area (Å²) in [5.41, 5.74) is 0.747. The Bertz CT molecular complexity index is 504. The van der Waals surface area contributed by atoms with Crippen molar-refractivity contribution in [2.75, 3.05) is 25.1 Å². The number of nitrogens with zero attached hydrogens (tertiary/aromatic N) is 1. The Kier molecular flexibility index (Phi) is 3.67. The van der Waals surface area contributed by atoms with Crippen LogP contribution in [0.5, 0.6) is 11.5 Å². The van der Waals surface area contributed by atoms with Crippen molar-refractivity contribution in [3.63, 3.8) is 0 Å². The van der Waals surface area contributed by atoms with E-state index < -0.39 is 0 Å². The molecule has 1 saturated heterocycles. The van der Waals surface area contributed by atoms with Gasteiger partial charge in [0.05, 0.1) is 0 Å². The lowest BCUT2D eigenvalue weighted by molar-refractivity contribution is 0.169. The molecule has 0 bridgehead atoms. The summed E-state index contributed by atoms with van der Waals surface area (Å²) in [6.45, 7) is 4.05. The number of urea groups is 1. The van der Waals surface area contributed by atoms with E-state index in [-0.39, 0.29) is 6.03 Å². The smallest absolute Gasteiger partial charge is 0.322 e. The lowest BCUT2D eigenvalue weighted by atomic mass is 10.0. The molecule has 20 heavy (non-hydrogen) atoms. The van der Waals surface area contributed by atoms with Crippen LogP contribution in [0.1, 0.15) is 26.2 Å². The predicted octanol–water partition coefficient (Wildman–Crippen LogP) is 2.86. The minimum Gasteiger partial charge on any atom is -0.486 e. The van der Waals surface area contributed by atoms with Crippen molar-refractivity contribution in [2.24, 2.45) is 0 Å². The first-order chi connectivity index (χ1) is 9.74. The second kappa shape index (κ2) is 5.61. The Hall–Kier alpha value is -1.91. The summed E-state index contributed by atoms with van der Waals surface area (Å²) < 4.78 is 11.0. The third kappa shape index (κ3) is 2.66. The van der Waals surface area contributed by atoms with Crippen LogP contribution >= 0.6 is 0 Å². The van der Waals surface area contributed by atoms with Gasteiger partial charge in [-0.05, 0) is 38.3 Å². The monoisotopic (exact) mass is 276 g/mol. The molecule has 5 nitrogen and oxygen atoms in total. The zero-order valence-corrected chi connectivity index (χ0v) is 11.7. The molecule has 5 heteroatoms. The topological polar surface area (TPSA) is 50.8 Å². The standard InChI is InChI=1S/C15H20N2O3/c1-11-4-2-3-7-17(11)15(18)16-12-5-6-13-14(10-12)20-9-8-19-13/h5-6,10-11H,2-4,7-9H2,1H3,(H,16,18)/t11-/m0/s1. The van der Waals surface area contributed by atoms with Crippen LogP contribution in [0, 0.1) is 0 Å². The van der Waals surface area contributed by atoms with Crippen molar-refractivity contribution >= 4 is 11.7 Å². The van der Waals surface area contributed by atoms with Crippen LogP contribution in [0.15, 0.2) is 18.2 Å². The van der Waals surface area contributed by atoms with E-state index in [2.05, 4.69) is 12.2 Å². The highest BCUT2D eigenvalue weighted by Crippen LogP contribution is 2.32. The molecule has 0 unspecified atom stereocenters. The van der Waals surface area contributed by atoms with E-state index in [1.165, 1.54) is 6.42 Å². The first-order valence-corrected chi connectivity index (χ1v) is 7.21. The molecule has 0 saturated carbocycles. The number of hydrogen-bond acceptors (Lipinski definition) is 3. The molecule has 0 spiro atoms. The van der Waals surface area contributed by atoms with Gasteiger partial charge in [0.1, 0.15) is 13.2 Å². The number of fused-ring (bicyclic) bond motifs is 1. The van der Waals surface area contributed by atoms with Crippen LogP contribution in [-0.4, -0.2) is 36.7 Å². The Balaban J connectivity index is 1.69. The van der Waals surface area contributed by atoms with Crippen molar-refractivity contribution in [3.05, 3.63) is 18.2 Å². The molecule has 3 rings (SSSR count). The van der Waals surface area contributed by atoms with Gasteiger partial charge in [0.2, 0.25) is 0 Å². The number of amides is 2. The highest BCUT2D eigenvalue weighted by Gasteiger charge is 2.23. The van der Waals surface area contributed by atoms with Crippen molar-refractivity contribution in [1.82, 2.24) is 4.90 Å². The lowest BCUT2D eigenvalue weighted by Crippen LogP contribution is -2.44. The maximum atomic E-state index is 12.3. The number of likely N-dealkylation sites (tertiary alicyclic amines) is 1. The summed E-state index contributed by atoms with van der Waals surface area (Å²) in [4.78, 5) is 14.2. The summed E-state index contributed by atoms with van der Waals surface area (Å²) in [5, 5.41) is 2.94. The normalized spacial score (nSPS) is 21.4. The van der Waals surface area contributed by atoms with E-state index in [0.29, 0.717) is 25.0 Å². The molecular weight excluding hydrogens is 256 g/mol. The van der Waals surface area contributed by atoms with Crippen LogP contribution in [0.25, 0.3) is 0 Å². The number of anilines is 1. The van der Waals surface area contributed by atoms with Gasteiger partial charge in [0, 0.05) is 24.3 Å². The molecule has 0 aliphatic carbocycles. The molecule has 0 radical (unpaired) electrons. The van der Waals surface area contributed by atoms with Crippen LogP contribution in [0.3, 0.4) is 0 Å². The molecule has 1 atom stereocenters. The van der Waals surface area contributed by atoms with E-state index in [0.717, 1.165) is 30.8 Å². The van der Waals surface area contributed by atoms with Crippen molar-refractivity contribution in [3.8, 4) is 11.5 Å². The van der Waals surface area contributed by atoms with E-state index in [1.54, 1.807) is 0 Å². The van der Waals surface area contributed by atoms with Gasteiger partial charge in [-0.25, -0.2) is 4.79 Å². The third-order valence-corrected chi connectivity index (χ3v) is 3.86. The van der Waals surface area contributed by atoms with Crippen LogP contribution in [-0.2, 0) is 0 Å². The molecule has 2 heterocycles. The number of carbonyl (C=O) groups excluding carboxylic acids is 1. The predicted molar refractivity (Wildman–Crippen MR) is 76.5 cm³/mol. The van der Waals surface area contributed by atoms with Crippen molar-refractivity contribution in [2.45, 2.75) is 32.2 Å². The van der Waals surface area contributed by atoms with E-state index in [9.17, 15) is 4.79 Å². The summed E-state index contributed by atoms with van der Waals surface area (Å²) >= 11 is 0. The Morgan fingerprint density at radius 1 is 1.25 bits per heavy atom. The average molecular weight is 276 g/mol. The van der Waals surface area contributed by atoms with Gasteiger partial charge in [-0.3, -0.25) is 0 Å². The highest BCUT2D eigenvalue weighted by molar-refractivity contribution is 5.90. The third-order valence-electron chi connectivity index (χ3n) is 3.86. The number of rotatable bonds is 1. The molecule has 0 aromatic heterocycles. The van der Waals surface area contributed by atoms with Gasteiger partial charge in [0.15, 0.2) is 11.5 Å². The lowest BCUT2D eigenvalue weighted by Gasteiger charge is -2.33. The summed E-state index contributed by atoms with van der Waals surface area (Å²) in [7, 11) is 0. The minimum atomic E-state index is -0.0334. The largest absolute Gasteiger partial charge is 0.486 e. The molecule has 1 fully saturated rings. The molecule has 2 aliphatic rings. The Morgan fingerprint density at radius 3 is 2.85 bits per heavy atom. The first kappa shape index (κ1) is 13.1. The average Bonchev–Trinajstić information content (AvgIpc) is 2.47. The molecule has 1 aromatic carbocycles. The second-order valence-corrected chi connectivity index (χ2v) is 5.33. The minimum absolute atomic E-state index is 0.0334. The van der Waals surface area contributed by atoms with E-state index in [4.69, 9.17) is 9.47 Å². The van der Waals surface area contributed by atoms with Crippen LogP contribution in [0.4, 0.5) is 10.5 Å². The Labute approximate surface area is 118 Å². The van der Waals surface area contributed by atoms with Crippen molar-refractivity contribution in [1.29, 1.82) is 0 Å². The molecule has 1 aromatic rings. The van der Waals surface area contributed by atoms with Gasteiger partial charge < -0.3 is 19.7 Å². The van der Waals surface area contributed by atoms with Gasteiger partial charge in [-0.1, -0.05) is 0 Å². The molecule has 1 N–H and O–H groups in total. The highest BCUT2D eigenvalue weighted by atomic mass is 16.6. The van der Waals surface area contributed by atoms with Crippen LogP contribution in [0.2, 0.25) is 0 Å². The quantitative estimate of drug-likeness (QED) is 0.858. The SMILES string of the molecule is C[C@H]1CCCCN1C(=O)Nc1ccc2c(c1)OCCO2. The molecule has 108 valence electrons. The van der Waals surface area contributed by atoms with Crippen molar-refractivity contribution < 1.29 is 14.3 Å². The van der Waals surface area contributed by atoms with Gasteiger partial charge in [-0.15, -0.1) is 0 Å². The number of benzene rings is 1. The van der Waals surface area contributed by atoms with Gasteiger partial charge >= 0.3 is 6.03 Å². The molecular formula is C15H20N2O3. The van der Waals surface area contributed by atoms with Crippen LogP contribution < -0.4 is 14.8 Å². The summed E-state index contributed by atoms with van der Waals surface area (Å²) in [5.74, 6) is 1.43. The maximum Gasteiger partial charge on any atom is 0.322 e. The number of carbonyl (C=O) groups is 1. The fourth-order valence-corrected chi connectivity index (χ4v) is 2.72. The fourth-order valence-electron chi connectivity index (χ4n) is 2.72. The number of hydrogen-bond donors (Lipinski definition) is 1. The summed E-state index contributed by atoms with van der Waals surface area (Å²) in [6, 6.07) is 5.78. The van der Waals surface area contributed by atoms with Gasteiger partial charge in [0.25, 0.3) is 0 Å². The van der Waals surface area contributed by atoms with Gasteiger partial charge in [-0.2, -0.15) is 0 Å². The number of piperidine rings is 1.